The molecule has 0 heterocycles. The molecule has 0 aromatic carbocycles. The summed E-state index contributed by atoms with van der Waals surface area (Å²) >= 11 is 5.51. The van der Waals surface area contributed by atoms with E-state index in [4.69, 9.17) is 16.3 Å². The predicted molar refractivity (Wildman–Crippen MR) is 129 cm³/mol. The summed E-state index contributed by atoms with van der Waals surface area (Å²) in [5.74, 6) is 5.19. The minimum atomic E-state index is -0.643. The molecule has 1 unspecified atom stereocenters. The number of ether oxygens (including phenoxy) is 1. The molecule has 4 aliphatic rings. The number of carbonyl (C=O) groups is 1. The van der Waals surface area contributed by atoms with Gasteiger partial charge in [-0.05, 0) is 91.3 Å². The number of fused-ring (bicyclic) bond motifs is 5. The summed E-state index contributed by atoms with van der Waals surface area (Å²) in [6, 6.07) is 0. The Hall–Kier alpha value is -0.500. The summed E-state index contributed by atoms with van der Waals surface area (Å²) in [6.45, 7) is 12.5. The van der Waals surface area contributed by atoms with Crippen molar-refractivity contribution in [1.29, 1.82) is 0 Å². The van der Waals surface area contributed by atoms with Gasteiger partial charge < -0.3 is 4.74 Å². The van der Waals surface area contributed by atoms with Crippen molar-refractivity contribution in [2.75, 3.05) is 0 Å². The minimum Gasteiger partial charge on any atom is -0.450 e. The van der Waals surface area contributed by atoms with Crippen molar-refractivity contribution in [1.82, 2.24) is 0 Å². The molecule has 4 rings (SSSR count). The van der Waals surface area contributed by atoms with E-state index < -0.39 is 5.43 Å². The van der Waals surface area contributed by atoms with Gasteiger partial charge in [0.1, 0.15) is 6.10 Å². The van der Waals surface area contributed by atoms with Crippen LogP contribution < -0.4 is 0 Å². The van der Waals surface area contributed by atoms with E-state index in [0.717, 1.165) is 54.8 Å². The molecule has 2 nitrogen and oxygen atoms in total. The normalized spacial score (nSPS) is 42.9. The van der Waals surface area contributed by atoms with Crippen molar-refractivity contribution in [3.8, 4) is 0 Å². The van der Waals surface area contributed by atoms with E-state index in [0.29, 0.717) is 10.8 Å². The first kappa shape index (κ1) is 23.7. The highest BCUT2D eigenvalue weighted by Gasteiger charge is 2.59. The van der Waals surface area contributed by atoms with Crippen molar-refractivity contribution in [2.24, 2.45) is 46.3 Å². The Bertz CT molecular complexity index is 699. The van der Waals surface area contributed by atoms with Crippen molar-refractivity contribution in [3.63, 3.8) is 0 Å². The predicted octanol–water partition coefficient (Wildman–Crippen LogP) is 8.77. The Morgan fingerprint density at radius 2 is 1.87 bits per heavy atom. The van der Waals surface area contributed by atoms with Crippen molar-refractivity contribution in [3.05, 3.63) is 11.6 Å². The van der Waals surface area contributed by atoms with Crippen LogP contribution in [0.2, 0.25) is 0 Å². The van der Waals surface area contributed by atoms with Gasteiger partial charge in [-0.1, -0.05) is 65.5 Å². The second kappa shape index (κ2) is 9.03. The first-order chi connectivity index (χ1) is 14.6. The molecule has 0 aromatic rings. The van der Waals surface area contributed by atoms with Crippen LogP contribution in [0.25, 0.3) is 0 Å². The van der Waals surface area contributed by atoms with Gasteiger partial charge in [-0.15, -0.1) is 0 Å². The second-order valence-corrected chi connectivity index (χ2v) is 12.8. The lowest BCUT2D eigenvalue weighted by Crippen LogP contribution is -2.51. The minimum absolute atomic E-state index is 0.0164. The van der Waals surface area contributed by atoms with Gasteiger partial charge in [0.15, 0.2) is 0 Å². The smallest absolute Gasteiger partial charge is 0.404 e. The van der Waals surface area contributed by atoms with Crippen LogP contribution in [0.1, 0.15) is 105 Å². The number of allylic oxidation sites excluding steroid dienone is 1. The summed E-state index contributed by atoms with van der Waals surface area (Å²) in [7, 11) is 0. The highest BCUT2D eigenvalue weighted by Crippen LogP contribution is 2.67. The standard InChI is InChI=1S/C28H45ClO2/c1-18(2)7-6-8-19(3)23-11-12-24-22-10-9-20-17-21(31-26(29)30)13-15-27(20,4)25(22)14-16-28(23,24)5/h9,18-19,21-25H,6-8,10-17H2,1-5H3/t19-,21+,22?,23-,24+,25+,27+,28-/m1/s1. The summed E-state index contributed by atoms with van der Waals surface area (Å²) < 4.78 is 5.38. The van der Waals surface area contributed by atoms with Crippen LogP contribution in [0.15, 0.2) is 11.6 Å². The Kier molecular flexibility index (Phi) is 6.89. The summed E-state index contributed by atoms with van der Waals surface area (Å²) in [4.78, 5) is 11.2. The molecular weight excluding hydrogens is 404 g/mol. The zero-order valence-electron chi connectivity index (χ0n) is 20.6. The van der Waals surface area contributed by atoms with Crippen molar-refractivity contribution in [2.45, 2.75) is 111 Å². The van der Waals surface area contributed by atoms with Crippen LogP contribution in [-0.4, -0.2) is 11.5 Å². The average molecular weight is 449 g/mol. The average Bonchev–Trinajstić information content (AvgIpc) is 3.05. The maximum absolute atomic E-state index is 11.2. The van der Waals surface area contributed by atoms with E-state index in [2.05, 4.69) is 40.7 Å². The maximum Gasteiger partial charge on any atom is 0.404 e. The SMILES string of the molecule is CC(C)CCC[C@@H](C)[C@H]1CC[C@H]2C3CC=C4C[C@@H](OC(=O)Cl)CC[C@]4(C)[C@H]3CC[C@]12C. The molecule has 4 aliphatic carbocycles. The molecule has 3 heteroatoms. The molecule has 3 saturated carbocycles. The van der Waals surface area contributed by atoms with E-state index >= 15 is 0 Å². The van der Waals surface area contributed by atoms with Gasteiger partial charge in [0, 0.05) is 18.0 Å². The molecule has 0 saturated heterocycles. The highest BCUT2D eigenvalue weighted by molar-refractivity contribution is 6.61. The molecule has 176 valence electrons. The Morgan fingerprint density at radius 3 is 2.58 bits per heavy atom. The van der Waals surface area contributed by atoms with Crippen molar-refractivity contribution < 1.29 is 9.53 Å². The first-order valence-electron chi connectivity index (χ1n) is 13.2. The molecule has 0 spiro atoms. The van der Waals surface area contributed by atoms with E-state index in [1.807, 2.05) is 0 Å². The van der Waals surface area contributed by atoms with Gasteiger partial charge in [-0.25, -0.2) is 4.79 Å². The molecular formula is C28H45ClO2. The molecule has 0 N–H and O–H groups in total. The Labute approximate surface area is 195 Å². The lowest BCUT2D eigenvalue weighted by molar-refractivity contribution is -0.0573. The zero-order valence-corrected chi connectivity index (χ0v) is 21.3. The lowest BCUT2D eigenvalue weighted by atomic mass is 9.47. The van der Waals surface area contributed by atoms with Gasteiger partial charge in [-0.3, -0.25) is 0 Å². The summed E-state index contributed by atoms with van der Waals surface area (Å²) in [6.07, 6.45) is 16.7. The maximum atomic E-state index is 11.2. The summed E-state index contributed by atoms with van der Waals surface area (Å²) in [5.41, 5.74) is 1.77. The topological polar surface area (TPSA) is 26.3 Å². The monoisotopic (exact) mass is 448 g/mol. The molecule has 0 radical (unpaired) electrons. The third-order valence-corrected chi connectivity index (χ3v) is 10.6. The second-order valence-electron chi connectivity index (χ2n) is 12.5. The fourth-order valence-electron chi connectivity index (χ4n) is 8.88. The number of rotatable bonds is 6. The summed E-state index contributed by atoms with van der Waals surface area (Å²) in [5, 5.41) is 0. The quantitative estimate of drug-likeness (QED) is 0.299. The highest BCUT2D eigenvalue weighted by atomic mass is 35.5. The first-order valence-corrected chi connectivity index (χ1v) is 13.6. The molecule has 31 heavy (non-hydrogen) atoms. The Morgan fingerprint density at radius 1 is 1.10 bits per heavy atom. The fourth-order valence-corrected chi connectivity index (χ4v) is 9.01. The van der Waals surface area contributed by atoms with Gasteiger partial charge in [0.25, 0.3) is 0 Å². The zero-order chi connectivity index (χ0) is 22.4. The molecule has 0 amide bonds. The van der Waals surface area contributed by atoms with Crippen molar-refractivity contribution >= 4 is 17.0 Å². The van der Waals surface area contributed by atoms with E-state index in [9.17, 15) is 4.79 Å². The number of halogens is 1. The Balaban J connectivity index is 1.47. The van der Waals surface area contributed by atoms with Crippen LogP contribution in [0.4, 0.5) is 4.79 Å². The largest absolute Gasteiger partial charge is 0.450 e. The third kappa shape index (κ3) is 4.36. The molecule has 0 bridgehead atoms. The van der Waals surface area contributed by atoms with Crippen LogP contribution in [0.5, 0.6) is 0 Å². The van der Waals surface area contributed by atoms with Crippen LogP contribution >= 0.6 is 11.6 Å². The van der Waals surface area contributed by atoms with Crippen LogP contribution in [0.3, 0.4) is 0 Å². The lowest BCUT2D eigenvalue weighted by Gasteiger charge is -2.58. The molecule has 0 aliphatic heterocycles. The van der Waals surface area contributed by atoms with Gasteiger partial charge >= 0.3 is 5.43 Å². The number of carbonyl (C=O) groups excluding carboxylic acids is 1. The van der Waals surface area contributed by atoms with Gasteiger partial charge in [0.2, 0.25) is 0 Å². The molecule has 3 fully saturated rings. The molecule has 0 aromatic heterocycles. The van der Waals surface area contributed by atoms with Gasteiger partial charge in [-0.2, -0.15) is 0 Å². The third-order valence-electron chi connectivity index (χ3n) is 10.5. The van der Waals surface area contributed by atoms with Crippen LogP contribution in [0, 0.1) is 46.3 Å². The van der Waals surface area contributed by atoms with E-state index in [1.54, 1.807) is 5.57 Å². The van der Waals surface area contributed by atoms with E-state index in [1.165, 1.54) is 51.4 Å². The fraction of sp³-hybridized carbons (Fsp3) is 0.893. The van der Waals surface area contributed by atoms with Gasteiger partial charge in [0.05, 0.1) is 0 Å². The number of hydrogen-bond donors (Lipinski definition) is 0. The molecule has 8 atom stereocenters. The number of hydrogen-bond acceptors (Lipinski definition) is 2. The van der Waals surface area contributed by atoms with E-state index in [-0.39, 0.29) is 6.10 Å². The van der Waals surface area contributed by atoms with Crippen LogP contribution in [-0.2, 0) is 4.74 Å².